The molecule has 4 heterocycles. The first-order chi connectivity index (χ1) is 27.8. The number of aromatic nitrogens is 4. The molecule has 0 atom stereocenters. The molecule has 0 spiro atoms. The van der Waals surface area contributed by atoms with Crippen LogP contribution in [0.2, 0.25) is 0 Å². The Morgan fingerprint density at radius 3 is 1.67 bits per heavy atom. The van der Waals surface area contributed by atoms with Crippen molar-refractivity contribution in [1.29, 1.82) is 0 Å². The zero-order valence-corrected chi connectivity index (χ0v) is 33.3. The standard InChI is InChI=1S/C22H17BrN4O.C16H13N3O.C6H4BrNO/c23-19-14-24-10-9-17(19)13-25-20-8-4-3-7-18(20)22(28)27-21-11-15-5-1-2-6-16(15)12-26-21;17-14-8-4-3-7-13(14)16(20)19-15-9-11-5-1-2-6-12(11)10-18-15;7-6-3-8-2-1-5(6)4-9/h1-12,14,25H,13H2,(H,26,27,28);1-10H,17H2,(H,18,19,20);1-4H. The number of carbonyl (C=O) groups is 3. The van der Waals surface area contributed by atoms with Crippen LogP contribution in [-0.2, 0) is 6.54 Å². The molecule has 11 nitrogen and oxygen atoms in total. The highest BCUT2D eigenvalue weighted by Crippen LogP contribution is 2.22. The molecule has 4 aromatic heterocycles. The number of hydrogen-bond donors (Lipinski definition) is 4. The third-order valence-corrected chi connectivity index (χ3v) is 9.76. The Hall–Kier alpha value is -6.83. The van der Waals surface area contributed by atoms with Gasteiger partial charge in [0.05, 0.1) is 11.1 Å². The van der Waals surface area contributed by atoms with Crippen LogP contribution in [0.5, 0.6) is 0 Å². The van der Waals surface area contributed by atoms with Crippen molar-refractivity contribution < 1.29 is 14.4 Å². The largest absolute Gasteiger partial charge is 0.398 e. The molecule has 13 heteroatoms. The van der Waals surface area contributed by atoms with Crippen LogP contribution < -0.4 is 21.7 Å². The summed E-state index contributed by atoms with van der Waals surface area (Å²) in [5.41, 5.74) is 9.68. The first-order valence-electron chi connectivity index (χ1n) is 17.4. The molecular weight excluding hydrogens is 848 g/mol. The average molecular weight is 883 g/mol. The fraction of sp³-hybridized carbons (Fsp3) is 0.0227. The Kier molecular flexibility index (Phi) is 13.7. The van der Waals surface area contributed by atoms with Gasteiger partial charge in [-0.15, -0.1) is 0 Å². The number of amides is 2. The number of halogens is 2. The number of pyridine rings is 4. The molecule has 4 aromatic carbocycles. The van der Waals surface area contributed by atoms with Gasteiger partial charge in [0.1, 0.15) is 11.6 Å². The van der Waals surface area contributed by atoms with E-state index in [0.717, 1.165) is 48.0 Å². The van der Waals surface area contributed by atoms with Gasteiger partial charge in [0.25, 0.3) is 11.8 Å². The lowest BCUT2D eigenvalue weighted by Gasteiger charge is -2.13. The van der Waals surface area contributed by atoms with Crippen molar-refractivity contribution >= 4 is 94.5 Å². The van der Waals surface area contributed by atoms with Crippen molar-refractivity contribution in [2.24, 2.45) is 0 Å². The predicted molar refractivity (Wildman–Crippen MR) is 233 cm³/mol. The van der Waals surface area contributed by atoms with Crippen LogP contribution in [0.4, 0.5) is 23.0 Å². The van der Waals surface area contributed by atoms with Crippen molar-refractivity contribution in [2.75, 3.05) is 21.7 Å². The first kappa shape index (κ1) is 39.9. The second-order valence-electron chi connectivity index (χ2n) is 12.2. The van der Waals surface area contributed by atoms with Crippen LogP contribution in [0, 0.1) is 0 Å². The zero-order valence-electron chi connectivity index (χ0n) is 30.1. The molecule has 0 radical (unpaired) electrons. The number of nitrogens with zero attached hydrogens (tertiary/aromatic N) is 4. The molecule has 0 aliphatic rings. The van der Waals surface area contributed by atoms with Crippen molar-refractivity contribution in [2.45, 2.75) is 6.54 Å². The van der Waals surface area contributed by atoms with E-state index in [-0.39, 0.29) is 11.8 Å². The number of anilines is 4. The monoisotopic (exact) mass is 880 g/mol. The van der Waals surface area contributed by atoms with Crippen molar-refractivity contribution in [1.82, 2.24) is 19.9 Å². The summed E-state index contributed by atoms with van der Waals surface area (Å²) in [6.45, 7) is 0.571. The number of rotatable bonds is 8. The minimum Gasteiger partial charge on any atom is -0.398 e. The molecule has 8 aromatic rings. The summed E-state index contributed by atoms with van der Waals surface area (Å²) in [6.07, 6.45) is 10.9. The lowest BCUT2D eigenvalue weighted by atomic mass is 10.1. The maximum Gasteiger partial charge on any atom is 0.258 e. The SMILES string of the molecule is Nc1ccccc1C(=O)Nc1cc2ccccc2cn1.O=C(Nc1cc2ccccc2cn1)c1ccccc1NCc1ccncc1Br.O=Cc1ccncc1Br. The minimum absolute atomic E-state index is 0.209. The highest BCUT2D eigenvalue weighted by molar-refractivity contribution is 9.10. The van der Waals surface area contributed by atoms with Crippen LogP contribution in [0.1, 0.15) is 36.6 Å². The molecule has 0 bridgehead atoms. The summed E-state index contributed by atoms with van der Waals surface area (Å²) in [4.78, 5) is 51.6. The zero-order chi connectivity index (χ0) is 40.0. The minimum atomic E-state index is -0.258. The average Bonchev–Trinajstić information content (AvgIpc) is 3.24. The third kappa shape index (κ3) is 10.9. The molecule has 57 heavy (non-hydrogen) atoms. The number of hydrogen-bond acceptors (Lipinski definition) is 9. The Bertz CT molecular complexity index is 2680. The van der Waals surface area contributed by atoms with Crippen LogP contribution >= 0.6 is 31.9 Å². The van der Waals surface area contributed by atoms with Gasteiger partial charge in [-0.2, -0.15) is 0 Å². The molecule has 0 aliphatic carbocycles. The van der Waals surface area contributed by atoms with Gasteiger partial charge in [-0.25, -0.2) is 9.97 Å². The van der Waals surface area contributed by atoms with Crippen molar-refractivity contribution in [3.63, 3.8) is 0 Å². The lowest BCUT2D eigenvalue weighted by Crippen LogP contribution is -2.15. The number of carbonyl (C=O) groups excluding carboxylic acids is 3. The summed E-state index contributed by atoms with van der Waals surface area (Å²) < 4.78 is 1.66. The quantitative estimate of drug-likeness (QED) is 0.0859. The number of nitrogens with one attached hydrogen (secondary N) is 3. The molecule has 0 unspecified atom stereocenters. The number of fused-ring (bicyclic) bond motifs is 2. The second-order valence-corrected chi connectivity index (χ2v) is 13.9. The van der Waals surface area contributed by atoms with E-state index in [1.165, 1.54) is 0 Å². The van der Waals surface area contributed by atoms with Crippen LogP contribution in [0.15, 0.2) is 167 Å². The van der Waals surface area contributed by atoms with E-state index in [1.807, 2.05) is 84.9 Å². The van der Waals surface area contributed by atoms with E-state index in [4.69, 9.17) is 5.73 Å². The van der Waals surface area contributed by atoms with Gasteiger partial charge in [-0.05, 0) is 96.7 Å². The van der Waals surface area contributed by atoms with E-state index in [9.17, 15) is 14.4 Å². The van der Waals surface area contributed by atoms with Crippen LogP contribution in [0.25, 0.3) is 21.5 Å². The molecule has 0 saturated carbocycles. The van der Waals surface area contributed by atoms with Crippen LogP contribution in [0.3, 0.4) is 0 Å². The molecule has 0 saturated heterocycles. The lowest BCUT2D eigenvalue weighted by molar-refractivity contribution is 0.101. The van der Waals surface area contributed by atoms with Gasteiger partial charge in [-0.1, -0.05) is 72.8 Å². The van der Waals surface area contributed by atoms with Gasteiger partial charge < -0.3 is 21.7 Å². The third-order valence-electron chi connectivity index (χ3n) is 8.38. The number of nitrogens with two attached hydrogens (primary N) is 1. The maximum atomic E-state index is 12.8. The molecule has 8 rings (SSSR count). The van der Waals surface area contributed by atoms with E-state index in [1.54, 1.807) is 73.6 Å². The topological polar surface area (TPSA) is 165 Å². The fourth-order valence-corrected chi connectivity index (χ4v) is 6.16. The Morgan fingerprint density at radius 2 is 1.11 bits per heavy atom. The Labute approximate surface area is 345 Å². The fourth-order valence-electron chi connectivity index (χ4n) is 5.43. The Morgan fingerprint density at radius 1 is 0.596 bits per heavy atom. The van der Waals surface area contributed by atoms with E-state index >= 15 is 0 Å². The van der Waals surface area contributed by atoms with E-state index in [0.29, 0.717) is 40.6 Å². The van der Waals surface area contributed by atoms with E-state index < -0.39 is 0 Å². The van der Waals surface area contributed by atoms with Gasteiger partial charge in [0, 0.05) is 80.4 Å². The van der Waals surface area contributed by atoms with Crippen LogP contribution in [-0.4, -0.2) is 38.0 Å². The number of benzene rings is 4. The normalized spacial score (nSPS) is 10.3. The van der Waals surface area contributed by atoms with Gasteiger partial charge >= 0.3 is 0 Å². The second kappa shape index (κ2) is 19.7. The molecule has 5 N–H and O–H groups in total. The highest BCUT2D eigenvalue weighted by Gasteiger charge is 2.13. The number of para-hydroxylation sites is 2. The molecule has 2 amide bonds. The summed E-state index contributed by atoms with van der Waals surface area (Å²) in [7, 11) is 0. The summed E-state index contributed by atoms with van der Waals surface area (Å²) in [5, 5.41) is 13.1. The molecular formula is C44H34Br2N8O3. The number of nitrogen functional groups attached to an aromatic ring is 1. The van der Waals surface area contributed by atoms with Crippen molar-refractivity contribution in [3.8, 4) is 0 Å². The van der Waals surface area contributed by atoms with Crippen molar-refractivity contribution in [3.05, 3.63) is 190 Å². The Balaban J connectivity index is 0.000000164. The van der Waals surface area contributed by atoms with Gasteiger partial charge in [0.2, 0.25) is 0 Å². The predicted octanol–water partition coefficient (Wildman–Crippen LogP) is 9.98. The summed E-state index contributed by atoms with van der Waals surface area (Å²) in [6, 6.07) is 37.4. The molecule has 0 fully saturated rings. The number of aldehydes is 1. The van der Waals surface area contributed by atoms with E-state index in [2.05, 4.69) is 67.7 Å². The summed E-state index contributed by atoms with van der Waals surface area (Å²) >= 11 is 6.65. The van der Waals surface area contributed by atoms with Gasteiger partial charge in [0.15, 0.2) is 6.29 Å². The van der Waals surface area contributed by atoms with Gasteiger partial charge in [-0.3, -0.25) is 24.4 Å². The highest BCUT2D eigenvalue weighted by atomic mass is 79.9. The first-order valence-corrected chi connectivity index (χ1v) is 19.0. The summed E-state index contributed by atoms with van der Waals surface area (Å²) in [5.74, 6) is 0.567. The smallest absolute Gasteiger partial charge is 0.258 e. The maximum absolute atomic E-state index is 12.8. The molecule has 0 aliphatic heterocycles. The molecule has 282 valence electrons.